The van der Waals surface area contributed by atoms with Gasteiger partial charge in [0.25, 0.3) is 0 Å². The molecule has 17 amide bonds. The molecule has 2 aliphatic heterocycles. The summed E-state index contributed by atoms with van der Waals surface area (Å²) in [6.07, 6.45) is 1.15. The highest BCUT2D eigenvalue weighted by atomic mass is 32.2. The summed E-state index contributed by atoms with van der Waals surface area (Å²) >= 11 is 9.61. The number of carboxylic acid groups (broad SMARTS) is 2. The Morgan fingerprint density at radius 1 is 0.440 bits per heavy atom. The zero-order valence-corrected chi connectivity index (χ0v) is 64.4. The van der Waals surface area contributed by atoms with Crippen LogP contribution in [-0.4, -0.2) is 308 Å². The van der Waals surface area contributed by atoms with E-state index in [1.807, 2.05) is 6.26 Å². The van der Waals surface area contributed by atoms with E-state index in [-0.39, 0.29) is 69.2 Å². The number of rotatable bonds is 48. The molecule has 0 saturated carbocycles. The third-order valence-corrected chi connectivity index (χ3v) is 18.2. The normalized spacial score (nSPS) is 17.5. The number of nitrogens with zero attached hydrogens (tertiary/aromatic N) is 2. The molecule has 0 aromatic rings. The number of thiol groups is 2. The highest BCUT2D eigenvalue weighted by Crippen LogP contribution is 2.23. The fourth-order valence-electron chi connectivity index (χ4n) is 10.9. The Labute approximate surface area is 643 Å². The molecule has 109 heavy (non-hydrogen) atoms. The van der Waals surface area contributed by atoms with Gasteiger partial charge in [0.15, 0.2) is 0 Å². The van der Waals surface area contributed by atoms with E-state index in [0.717, 1.165) is 16.7 Å². The molecule has 614 valence electrons. The molecule has 2 rings (SSSR count). The van der Waals surface area contributed by atoms with Gasteiger partial charge in [-0.2, -0.15) is 37.0 Å². The number of nitrogens with one attached hydrogen (secondary N) is 14. The Hall–Kier alpha value is -9.18. The lowest BCUT2D eigenvalue weighted by Gasteiger charge is -2.31. The number of hydrogen-bond donors (Lipinski definition) is 23. The quantitative estimate of drug-likeness (QED) is 0.0252. The van der Waals surface area contributed by atoms with Gasteiger partial charge in [-0.15, -0.1) is 0 Å². The molecule has 0 radical (unpaired) electrons. The molecule has 0 aliphatic carbocycles. The van der Waals surface area contributed by atoms with E-state index in [1.54, 1.807) is 27.7 Å². The summed E-state index contributed by atoms with van der Waals surface area (Å²) in [6, 6.07) is -21.7. The summed E-state index contributed by atoms with van der Waals surface area (Å²) in [4.78, 5) is 252. The molecule has 15 atom stereocenters. The van der Waals surface area contributed by atoms with E-state index < -0.39 is 254 Å². The van der Waals surface area contributed by atoms with Crippen molar-refractivity contribution in [3.05, 3.63) is 0 Å². The van der Waals surface area contributed by atoms with E-state index in [1.165, 1.54) is 25.6 Å². The van der Waals surface area contributed by atoms with Gasteiger partial charge < -0.3 is 121 Å². The van der Waals surface area contributed by atoms with E-state index in [0.29, 0.717) is 18.6 Å². The molecular formula is C64H106N18O24S3. The SMILES string of the molecule is CSCC[C@H](N)C(=O)N[C@@H](CC(C)C)C(=O)N[C@@H](CO)C(=O)N[C@@H](CO)C(=O)NCC(=O)N[C@@H](C)C(=O)N[C@@H](CS)C(=O)N[C@@H](CC(=O)O)C(=O)NCC(=O)N[C@@H](CO)C(=O)N[C@@H](C)C(=O)N1CCC[C@H]1C(=O)N[C@@H](CC(C)C)C(=O)N[C@@H](CCC(N)=O)C(=O)N1CCC[C@H]1C(=O)N[C@@H](CS)C(=O)N[C@@H](C)C(=O)O. The van der Waals surface area contributed by atoms with Crippen molar-refractivity contribution in [3.63, 3.8) is 0 Å². The van der Waals surface area contributed by atoms with E-state index in [2.05, 4.69) is 99.7 Å². The smallest absolute Gasteiger partial charge is 0.325 e. The number of nitrogens with two attached hydrogens (primary N) is 2. The first-order valence-corrected chi connectivity index (χ1v) is 37.7. The molecule has 45 heteroatoms. The Kier molecular flexibility index (Phi) is 42.6. The maximum Gasteiger partial charge on any atom is 0.325 e. The van der Waals surface area contributed by atoms with Gasteiger partial charge in [0, 0.05) is 31.0 Å². The number of likely N-dealkylation sites (tertiary alicyclic amines) is 2. The van der Waals surface area contributed by atoms with Crippen molar-refractivity contribution in [3.8, 4) is 0 Å². The van der Waals surface area contributed by atoms with Gasteiger partial charge in [0.05, 0.1) is 45.4 Å². The van der Waals surface area contributed by atoms with Crippen LogP contribution >= 0.6 is 37.0 Å². The average molecular weight is 1610 g/mol. The maximum atomic E-state index is 14.2. The molecule has 0 spiro atoms. The first kappa shape index (κ1) is 95.9. The van der Waals surface area contributed by atoms with Crippen molar-refractivity contribution in [1.82, 2.24) is 84.2 Å². The summed E-state index contributed by atoms with van der Waals surface area (Å²) in [7, 11) is 0. The lowest BCUT2D eigenvalue weighted by atomic mass is 10.0. The minimum absolute atomic E-state index is 0.0104. The summed E-state index contributed by atoms with van der Waals surface area (Å²) in [6.45, 7) is 5.56. The van der Waals surface area contributed by atoms with Crippen LogP contribution in [0, 0.1) is 11.8 Å². The summed E-state index contributed by atoms with van der Waals surface area (Å²) in [5.41, 5.74) is 11.4. The molecule has 23 N–H and O–H groups in total. The van der Waals surface area contributed by atoms with Crippen LogP contribution in [0.4, 0.5) is 0 Å². The molecular weight excluding hydrogens is 1500 g/mol. The van der Waals surface area contributed by atoms with E-state index in [4.69, 9.17) is 11.5 Å². The second-order valence-electron chi connectivity index (χ2n) is 26.7. The van der Waals surface area contributed by atoms with Gasteiger partial charge in [-0.05, 0) is 96.0 Å². The lowest BCUT2D eigenvalue weighted by molar-refractivity contribution is -0.144. The van der Waals surface area contributed by atoms with Gasteiger partial charge in [-0.3, -0.25) is 91.1 Å². The fraction of sp³-hybridized carbons (Fsp3) is 0.703. The zero-order chi connectivity index (χ0) is 82.7. The largest absolute Gasteiger partial charge is 0.481 e. The maximum absolute atomic E-state index is 14.2. The number of aliphatic hydroxyl groups is 3. The predicted molar refractivity (Wildman–Crippen MR) is 393 cm³/mol. The number of primary amides is 1. The first-order valence-electron chi connectivity index (χ1n) is 35.0. The molecule has 0 bridgehead atoms. The summed E-state index contributed by atoms with van der Waals surface area (Å²) in [5.74, 6) is -20.0. The predicted octanol–water partition coefficient (Wildman–Crippen LogP) is -10.1. The van der Waals surface area contributed by atoms with Crippen molar-refractivity contribution < 1.29 is 117 Å². The second-order valence-corrected chi connectivity index (χ2v) is 28.4. The van der Waals surface area contributed by atoms with Crippen molar-refractivity contribution in [2.24, 2.45) is 23.3 Å². The monoisotopic (exact) mass is 1610 g/mol. The van der Waals surface area contributed by atoms with Gasteiger partial charge in [-0.1, -0.05) is 27.7 Å². The molecule has 2 fully saturated rings. The highest BCUT2D eigenvalue weighted by molar-refractivity contribution is 7.98. The molecule has 42 nitrogen and oxygen atoms in total. The number of aliphatic carboxylic acids is 2. The molecule has 0 aromatic carbocycles. The van der Waals surface area contributed by atoms with Gasteiger partial charge in [-0.25, -0.2) is 0 Å². The van der Waals surface area contributed by atoms with Crippen LogP contribution in [-0.2, 0) is 91.1 Å². The number of aliphatic hydroxyl groups excluding tert-OH is 3. The minimum atomic E-state index is -1.94. The van der Waals surface area contributed by atoms with Crippen LogP contribution in [0.1, 0.15) is 113 Å². The van der Waals surface area contributed by atoms with Crippen LogP contribution < -0.4 is 85.9 Å². The number of carboxylic acids is 2. The average Bonchev–Trinajstić information content (AvgIpc) is 1.72. The Balaban J connectivity index is 2.06. The molecule has 2 aliphatic rings. The molecule has 2 heterocycles. The van der Waals surface area contributed by atoms with Crippen molar-refractivity contribution in [2.45, 2.75) is 203 Å². The van der Waals surface area contributed by atoms with Crippen molar-refractivity contribution in [1.29, 1.82) is 0 Å². The number of carbonyl (C=O) groups is 19. The molecule has 0 unspecified atom stereocenters. The lowest BCUT2D eigenvalue weighted by Crippen LogP contribution is -2.60. The number of thioether (sulfide) groups is 1. The molecule has 2 saturated heterocycles. The van der Waals surface area contributed by atoms with Crippen molar-refractivity contribution >= 4 is 149 Å². The van der Waals surface area contributed by atoms with Crippen molar-refractivity contribution in [2.75, 3.05) is 69.5 Å². The Morgan fingerprint density at radius 3 is 1.30 bits per heavy atom. The number of hydrogen-bond acceptors (Lipinski definition) is 26. The van der Waals surface area contributed by atoms with Crippen LogP contribution in [0.5, 0.6) is 0 Å². The first-order chi connectivity index (χ1) is 51.2. The highest BCUT2D eigenvalue weighted by Gasteiger charge is 2.43. The van der Waals surface area contributed by atoms with E-state index >= 15 is 0 Å². The Bertz CT molecular complexity index is 3250. The van der Waals surface area contributed by atoms with Crippen LogP contribution in [0.2, 0.25) is 0 Å². The van der Waals surface area contributed by atoms with Gasteiger partial charge in [0.1, 0.15) is 84.6 Å². The molecule has 0 aromatic heterocycles. The second kappa shape index (κ2) is 48.4. The number of carbonyl (C=O) groups excluding carboxylic acids is 17. The number of amides is 17. The third kappa shape index (κ3) is 32.9. The van der Waals surface area contributed by atoms with Gasteiger partial charge >= 0.3 is 11.9 Å². The topological polar surface area (TPSA) is 652 Å². The van der Waals surface area contributed by atoms with Crippen LogP contribution in [0.15, 0.2) is 0 Å². The zero-order valence-electron chi connectivity index (χ0n) is 61.8. The minimum Gasteiger partial charge on any atom is -0.481 e. The van der Waals surface area contributed by atoms with E-state index in [9.17, 15) is 117 Å². The summed E-state index contributed by atoms with van der Waals surface area (Å²) < 4.78 is 0. The fourth-order valence-corrected chi connectivity index (χ4v) is 11.9. The van der Waals surface area contributed by atoms with Gasteiger partial charge in [0.2, 0.25) is 100 Å². The standard InChI is InChI=1S/C64H106N18O24S3/c1-29(2)19-36(74-51(92)34(65)15-18-109-8)55(96)78-41(26-85)57(98)77-39(24-83)53(94)68-22-47(87)69-31(5)50(91)79-43(28-108)59(100)75-38(21-49(89)90)52(93)67-23-48(88)72-40(25-84)56(97)70-32(6)62(103)81-16-9-11-44(81)60(101)76-37(20-30(3)4)54(95)73-35(13-14-46(66)86)63(104)82-17-10-12-45(82)61(102)80-42(27-107)58(99)71-33(7)64(105)106/h29-45,83-85,107-108H,9-28,65H2,1-8H3,(H2,66,86)(H,67,93)(H,68,94)(H,69,87)(H,70,97)(H,71,99)(H,72,88)(H,73,95)(H,74,92)(H,75,100)(H,76,101)(H,77,98)(H,78,96)(H,79,91)(H,80,102)(H,89,90)(H,105,106)/t31-,32-,33-,34-,35-,36-,37-,38-,39-,40-,41-,42-,43-,44-,45-/m0/s1. The Morgan fingerprint density at radius 2 is 0.826 bits per heavy atom. The summed E-state index contributed by atoms with van der Waals surface area (Å²) in [5, 5.41) is 81.0. The van der Waals surface area contributed by atoms with Crippen LogP contribution in [0.25, 0.3) is 0 Å². The van der Waals surface area contributed by atoms with Crippen LogP contribution in [0.3, 0.4) is 0 Å². The third-order valence-electron chi connectivity index (χ3n) is 16.8.